The van der Waals surface area contributed by atoms with E-state index in [9.17, 15) is 4.79 Å². The van der Waals surface area contributed by atoms with Crippen LogP contribution in [0.5, 0.6) is 0 Å². The van der Waals surface area contributed by atoms with Gasteiger partial charge in [-0.05, 0) is 32.0 Å². The molecule has 0 unspecified atom stereocenters. The molecule has 0 saturated carbocycles. The standard InChI is InChI=1S/C20H23N5O2/c1-25-16(11-18(23-25)14-5-3-2-4-6-14)12-22-20(26)17-13-27-24-19(17)15-7-9-21-10-8-15/h2-6,11,13,15,21H,7-10,12H2,1H3,(H,22,26). The lowest BCUT2D eigenvalue weighted by molar-refractivity contribution is 0.0948. The van der Waals surface area contributed by atoms with Crippen LogP contribution in [0.15, 0.2) is 47.2 Å². The van der Waals surface area contributed by atoms with Gasteiger partial charge >= 0.3 is 0 Å². The summed E-state index contributed by atoms with van der Waals surface area (Å²) in [6.07, 6.45) is 3.38. The fourth-order valence-electron chi connectivity index (χ4n) is 3.49. The molecule has 1 aliphatic heterocycles. The number of nitrogens with one attached hydrogen (secondary N) is 2. The molecule has 0 radical (unpaired) electrons. The molecule has 0 bridgehead atoms. The third-order valence-corrected chi connectivity index (χ3v) is 5.04. The molecule has 2 aromatic heterocycles. The Bertz CT molecular complexity index is 910. The summed E-state index contributed by atoms with van der Waals surface area (Å²) in [5.74, 6) is 0.111. The van der Waals surface area contributed by atoms with Gasteiger partial charge in [-0.25, -0.2) is 0 Å². The van der Waals surface area contributed by atoms with Crippen LogP contribution in [0.3, 0.4) is 0 Å². The highest BCUT2D eigenvalue weighted by molar-refractivity contribution is 5.95. The van der Waals surface area contributed by atoms with Crippen molar-refractivity contribution in [1.29, 1.82) is 0 Å². The Kier molecular flexibility index (Phi) is 5.02. The van der Waals surface area contributed by atoms with Gasteiger partial charge in [0.1, 0.15) is 11.8 Å². The number of aryl methyl sites for hydroxylation is 1. The zero-order valence-electron chi connectivity index (χ0n) is 15.3. The molecule has 2 N–H and O–H groups in total. The summed E-state index contributed by atoms with van der Waals surface area (Å²) >= 11 is 0. The molecule has 0 atom stereocenters. The Morgan fingerprint density at radius 3 is 2.85 bits per heavy atom. The van der Waals surface area contributed by atoms with Crippen LogP contribution in [0.2, 0.25) is 0 Å². The maximum atomic E-state index is 12.7. The lowest BCUT2D eigenvalue weighted by Gasteiger charge is -2.21. The van der Waals surface area contributed by atoms with Gasteiger partial charge in [-0.3, -0.25) is 9.48 Å². The van der Waals surface area contributed by atoms with E-state index < -0.39 is 0 Å². The maximum Gasteiger partial charge on any atom is 0.256 e. The number of piperidine rings is 1. The number of hydrogen-bond acceptors (Lipinski definition) is 5. The topological polar surface area (TPSA) is 85.0 Å². The first kappa shape index (κ1) is 17.5. The van der Waals surface area contributed by atoms with E-state index >= 15 is 0 Å². The van der Waals surface area contributed by atoms with Gasteiger partial charge in [-0.2, -0.15) is 5.10 Å². The van der Waals surface area contributed by atoms with E-state index in [4.69, 9.17) is 4.52 Å². The Hall–Kier alpha value is -2.93. The molecule has 0 spiro atoms. The molecule has 1 amide bonds. The van der Waals surface area contributed by atoms with Crippen molar-refractivity contribution in [3.8, 4) is 11.3 Å². The molecule has 1 aliphatic rings. The van der Waals surface area contributed by atoms with Crippen LogP contribution in [0.25, 0.3) is 11.3 Å². The summed E-state index contributed by atoms with van der Waals surface area (Å²) in [7, 11) is 1.88. The van der Waals surface area contributed by atoms with Crippen LogP contribution in [0.1, 0.15) is 40.5 Å². The fourth-order valence-corrected chi connectivity index (χ4v) is 3.49. The molecular formula is C20H23N5O2. The van der Waals surface area contributed by atoms with E-state index in [1.807, 2.05) is 43.4 Å². The van der Waals surface area contributed by atoms with Gasteiger partial charge in [0.15, 0.2) is 0 Å². The third kappa shape index (κ3) is 3.78. The second-order valence-electron chi connectivity index (χ2n) is 6.83. The molecule has 1 aromatic carbocycles. The lowest BCUT2D eigenvalue weighted by atomic mass is 9.92. The molecule has 4 rings (SSSR count). The van der Waals surface area contributed by atoms with E-state index in [0.717, 1.165) is 48.6 Å². The lowest BCUT2D eigenvalue weighted by Crippen LogP contribution is -2.29. The minimum atomic E-state index is -0.160. The van der Waals surface area contributed by atoms with Gasteiger partial charge in [0, 0.05) is 18.5 Å². The van der Waals surface area contributed by atoms with Crippen molar-refractivity contribution in [1.82, 2.24) is 25.6 Å². The monoisotopic (exact) mass is 365 g/mol. The molecule has 27 heavy (non-hydrogen) atoms. The molecular weight excluding hydrogens is 342 g/mol. The normalized spacial score (nSPS) is 15.0. The zero-order chi connectivity index (χ0) is 18.6. The maximum absolute atomic E-state index is 12.7. The van der Waals surface area contributed by atoms with Crippen LogP contribution in [0.4, 0.5) is 0 Å². The second kappa shape index (κ2) is 7.75. The number of aromatic nitrogens is 3. The van der Waals surface area contributed by atoms with Crippen molar-refractivity contribution < 1.29 is 9.32 Å². The van der Waals surface area contributed by atoms with Gasteiger partial charge in [-0.1, -0.05) is 35.5 Å². The first-order chi connectivity index (χ1) is 13.2. The van der Waals surface area contributed by atoms with Gasteiger partial charge in [0.05, 0.1) is 23.6 Å². The van der Waals surface area contributed by atoms with E-state index in [1.54, 1.807) is 4.68 Å². The Morgan fingerprint density at radius 2 is 2.07 bits per heavy atom. The number of amides is 1. The molecule has 140 valence electrons. The van der Waals surface area contributed by atoms with Gasteiger partial charge < -0.3 is 15.2 Å². The van der Waals surface area contributed by atoms with E-state index in [-0.39, 0.29) is 11.8 Å². The molecule has 7 nitrogen and oxygen atoms in total. The largest absolute Gasteiger partial charge is 0.364 e. The molecule has 0 aliphatic carbocycles. The molecule has 3 heterocycles. The highest BCUT2D eigenvalue weighted by atomic mass is 16.5. The summed E-state index contributed by atoms with van der Waals surface area (Å²) < 4.78 is 6.90. The van der Waals surface area contributed by atoms with Crippen LogP contribution in [0, 0.1) is 0 Å². The van der Waals surface area contributed by atoms with Crippen LogP contribution < -0.4 is 10.6 Å². The van der Waals surface area contributed by atoms with E-state index in [2.05, 4.69) is 20.9 Å². The summed E-state index contributed by atoms with van der Waals surface area (Å²) in [5.41, 5.74) is 4.18. The van der Waals surface area contributed by atoms with Crippen molar-refractivity contribution >= 4 is 5.91 Å². The summed E-state index contributed by atoms with van der Waals surface area (Å²) in [6.45, 7) is 2.28. The first-order valence-corrected chi connectivity index (χ1v) is 9.24. The van der Waals surface area contributed by atoms with Crippen molar-refractivity contribution in [3.63, 3.8) is 0 Å². The minimum absolute atomic E-state index is 0.160. The third-order valence-electron chi connectivity index (χ3n) is 5.04. The predicted molar refractivity (Wildman–Crippen MR) is 101 cm³/mol. The highest BCUT2D eigenvalue weighted by Crippen LogP contribution is 2.27. The number of carbonyl (C=O) groups is 1. The quantitative estimate of drug-likeness (QED) is 0.726. The summed E-state index contributed by atoms with van der Waals surface area (Å²) in [5, 5.41) is 14.9. The van der Waals surface area contributed by atoms with Crippen molar-refractivity contribution in [3.05, 3.63) is 59.6 Å². The second-order valence-corrected chi connectivity index (χ2v) is 6.83. The van der Waals surface area contributed by atoms with E-state index in [0.29, 0.717) is 12.1 Å². The van der Waals surface area contributed by atoms with Crippen molar-refractivity contribution in [2.24, 2.45) is 7.05 Å². The average molecular weight is 365 g/mol. The zero-order valence-corrected chi connectivity index (χ0v) is 15.3. The number of carbonyl (C=O) groups excluding carboxylic acids is 1. The number of nitrogens with zero attached hydrogens (tertiary/aromatic N) is 3. The summed E-state index contributed by atoms with van der Waals surface area (Å²) in [6, 6.07) is 12.0. The number of rotatable bonds is 5. The predicted octanol–water partition coefficient (Wildman–Crippen LogP) is 2.47. The molecule has 3 aromatic rings. The van der Waals surface area contributed by atoms with Crippen LogP contribution >= 0.6 is 0 Å². The van der Waals surface area contributed by atoms with Gasteiger partial charge in [0.25, 0.3) is 5.91 Å². The smallest absolute Gasteiger partial charge is 0.256 e. The number of benzene rings is 1. The first-order valence-electron chi connectivity index (χ1n) is 9.24. The molecule has 7 heteroatoms. The van der Waals surface area contributed by atoms with Crippen molar-refractivity contribution in [2.75, 3.05) is 13.1 Å². The van der Waals surface area contributed by atoms with Crippen LogP contribution in [-0.4, -0.2) is 33.9 Å². The highest BCUT2D eigenvalue weighted by Gasteiger charge is 2.25. The van der Waals surface area contributed by atoms with Gasteiger partial charge in [0.2, 0.25) is 0 Å². The SMILES string of the molecule is Cn1nc(-c2ccccc2)cc1CNC(=O)c1conc1C1CCNCC1. The Balaban J connectivity index is 1.44. The Morgan fingerprint density at radius 1 is 1.30 bits per heavy atom. The van der Waals surface area contributed by atoms with Gasteiger partial charge in [-0.15, -0.1) is 0 Å². The van der Waals surface area contributed by atoms with Crippen molar-refractivity contribution in [2.45, 2.75) is 25.3 Å². The van der Waals surface area contributed by atoms with E-state index in [1.165, 1.54) is 6.26 Å². The minimum Gasteiger partial charge on any atom is -0.364 e. The molecule has 1 fully saturated rings. The Labute approximate surface area is 157 Å². The van der Waals surface area contributed by atoms with Crippen LogP contribution in [-0.2, 0) is 13.6 Å². The average Bonchev–Trinajstić information content (AvgIpc) is 3.34. The summed E-state index contributed by atoms with van der Waals surface area (Å²) in [4.78, 5) is 12.7. The molecule has 1 saturated heterocycles. The fraction of sp³-hybridized carbons (Fsp3) is 0.350. The number of hydrogen-bond donors (Lipinski definition) is 2.